The molecular weight excluding hydrogens is 300 g/mol. The molecule has 124 valence electrons. The average Bonchev–Trinajstić information content (AvgIpc) is 3.18. The zero-order valence-electron chi connectivity index (χ0n) is 14.4. The van der Waals surface area contributed by atoms with Gasteiger partial charge in [-0.15, -0.1) is 0 Å². The van der Waals surface area contributed by atoms with E-state index in [9.17, 15) is 0 Å². The molecule has 0 aromatic carbocycles. The summed E-state index contributed by atoms with van der Waals surface area (Å²) in [5, 5.41) is 9.08. The molecule has 0 saturated carbocycles. The Kier molecular flexibility index (Phi) is 2.89. The fraction of sp³-hybridized carbons (Fsp3) is 0.500. The van der Waals surface area contributed by atoms with Crippen LogP contribution in [0, 0.1) is 13.8 Å². The number of rotatable bonds is 2. The predicted molar refractivity (Wildman–Crippen MR) is 90.7 cm³/mol. The first kappa shape index (κ1) is 14.2. The van der Waals surface area contributed by atoms with Crippen LogP contribution in [0.1, 0.15) is 47.1 Å². The van der Waals surface area contributed by atoms with Crippen LogP contribution in [0.25, 0.3) is 5.65 Å². The Morgan fingerprint density at radius 2 is 2.08 bits per heavy atom. The van der Waals surface area contributed by atoms with E-state index in [-0.39, 0.29) is 0 Å². The maximum Gasteiger partial charge on any atom is 0.155 e. The summed E-state index contributed by atoms with van der Waals surface area (Å²) in [6.07, 6.45) is 7.62. The predicted octanol–water partition coefficient (Wildman–Crippen LogP) is 2.34. The monoisotopic (exact) mass is 322 g/mol. The Morgan fingerprint density at radius 3 is 2.88 bits per heavy atom. The summed E-state index contributed by atoms with van der Waals surface area (Å²) in [4.78, 5) is 7.30. The Hall–Kier alpha value is -2.21. The summed E-state index contributed by atoms with van der Waals surface area (Å²) in [5.41, 5.74) is 7.33. The fourth-order valence-electron chi connectivity index (χ4n) is 4.44. The van der Waals surface area contributed by atoms with Gasteiger partial charge in [0.15, 0.2) is 5.65 Å². The molecule has 6 nitrogen and oxygen atoms in total. The Balaban J connectivity index is 1.55. The highest BCUT2D eigenvalue weighted by atomic mass is 15.3. The van der Waals surface area contributed by atoms with Crippen LogP contribution in [-0.2, 0) is 20.0 Å². The second kappa shape index (κ2) is 4.89. The second-order valence-electron chi connectivity index (χ2n) is 7.22. The molecule has 2 aliphatic rings. The van der Waals surface area contributed by atoms with Gasteiger partial charge < -0.3 is 0 Å². The van der Waals surface area contributed by atoms with Gasteiger partial charge in [-0.2, -0.15) is 10.2 Å². The molecule has 2 aliphatic heterocycles. The van der Waals surface area contributed by atoms with Gasteiger partial charge in [0.25, 0.3) is 0 Å². The Labute approximate surface area is 141 Å². The fourth-order valence-corrected chi connectivity index (χ4v) is 4.44. The molecular formula is C18H22N6. The molecule has 3 aromatic heterocycles. The molecule has 1 saturated heterocycles. The summed E-state index contributed by atoms with van der Waals surface area (Å²) in [7, 11) is 2.01. The van der Waals surface area contributed by atoms with Crippen LogP contribution in [0.4, 0.5) is 0 Å². The van der Waals surface area contributed by atoms with Gasteiger partial charge in [0.05, 0.1) is 17.6 Å². The van der Waals surface area contributed by atoms with E-state index >= 15 is 0 Å². The minimum Gasteiger partial charge on any atom is -0.288 e. The van der Waals surface area contributed by atoms with Gasteiger partial charge >= 0.3 is 0 Å². The number of nitrogens with zero attached hydrogens (tertiary/aromatic N) is 6. The van der Waals surface area contributed by atoms with Crippen molar-refractivity contribution in [1.29, 1.82) is 0 Å². The summed E-state index contributed by atoms with van der Waals surface area (Å²) < 4.78 is 4.04. The van der Waals surface area contributed by atoms with Crippen LogP contribution < -0.4 is 0 Å². The molecule has 0 amide bonds. The van der Waals surface area contributed by atoms with E-state index in [0.29, 0.717) is 12.1 Å². The van der Waals surface area contributed by atoms with E-state index in [1.54, 1.807) is 0 Å². The molecule has 6 heteroatoms. The number of aryl methyl sites for hydroxylation is 2. The number of hydrogen-bond acceptors (Lipinski definition) is 4. The lowest BCUT2D eigenvalue weighted by atomic mass is 9.98. The van der Waals surface area contributed by atoms with Crippen molar-refractivity contribution in [1.82, 2.24) is 29.3 Å². The van der Waals surface area contributed by atoms with Gasteiger partial charge in [0, 0.05) is 61.2 Å². The Morgan fingerprint density at radius 1 is 1.21 bits per heavy atom. The maximum absolute atomic E-state index is 4.67. The summed E-state index contributed by atoms with van der Waals surface area (Å²) in [6, 6.07) is 3.12. The molecule has 0 unspecified atom stereocenters. The van der Waals surface area contributed by atoms with Gasteiger partial charge in [-0.25, -0.2) is 9.50 Å². The van der Waals surface area contributed by atoms with Crippen LogP contribution >= 0.6 is 0 Å². The third-order valence-electron chi connectivity index (χ3n) is 5.86. The first-order valence-corrected chi connectivity index (χ1v) is 8.69. The molecule has 0 radical (unpaired) electrons. The minimum absolute atomic E-state index is 0.458. The Bertz CT molecular complexity index is 937. The molecule has 1 fully saturated rings. The van der Waals surface area contributed by atoms with Gasteiger partial charge in [0.1, 0.15) is 0 Å². The molecule has 0 aliphatic carbocycles. The van der Waals surface area contributed by atoms with Crippen molar-refractivity contribution in [3.8, 4) is 0 Å². The highest BCUT2D eigenvalue weighted by molar-refractivity contribution is 5.44. The van der Waals surface area contributed by atoms with Crippen LogP contribution in [0.15, 0.2) is 18.5 Å². The van der Waals surface area contributed by atoms with Crippen molar-refractivity contribution in [2.45, 2.75) is 51.7 Å². The van der Waals surface area contributed by atoms with Crippen LogP contribution in [0.5, 0.6) is 0 Å². The lowest BCUT2D eigenvalue weighted by Gasteiger charge is -2.36. The molecule has 0 spiro atoms. The van der Waals surface area contributed by atoms with Crippen molar-refractivity contribution in [3.63, 3.8) is 0 Å². The highest BCUT2D eigenvalue weighted by Gasteiger charge is 2.41. The van der Waals surface area contributed by atoms with E-state index in [2.05, 4.69) is 43.8 Å². The van der Waals surface area contributed by atoms with Crippen molar-refractivity contribution >= 4 is 5.65 Å². The van der Waals surface area contributed by atoms with Crippen LogP contribution in [-0.4, -0.2) is 35.3 Å². The van der Waals surface area contributed by atoms with Crippen molar-refractivity contribution < 1.29 is 0 Å². The SMILES string of the molecule is Cc1cc2ncc3c(n2n1)C[C@@H]1CC[C@H]3N1Cc1cnn(C)c1C. The lowest BCUT2D eigenvalue weighted by molar-refractivity contribution is 0.164. The van der Waals surface area contributed by atoms with Crippen molar-refractivity contribution in [2.24, 2.45) is 7.05 Å². The van der Waals surface area contributed by atoms with E-state index in [1.807, 2.05) is 24.9 Å². The first-order valence-electron chi connectivity index (χ1n) is 8.69. The zero-order chi connectivity index (χ0) is 16.4. The van der Waals surface area contributed by atoms with Gasteiger partial charge in [-0.05, 0) is 26.7 Å². The largest absolute Gasteiger partial charge is 0.288 e. The normalized spacial score (nSPS) is 23.1. The van der Waals surface area contributed by atoms with Gasteiger partial charge in [0.2, 0.25) is 0 Å². The van der Waals surface area contributed by atoms with E-state index in [1.165, 1.54) is 35.4 Å². The molecule has 24 heavy (non-hydrogen) atoms. The third-order valence-corrected chi connectivity index (χ3v) is 5.86. The smallest absolute Gasteiger partial charge is 0.155 e. The quantitative estimate of drug-likeness (QED) is 0.727. The third kappa shape index (κ3) is 1.89. The maximum atomic E-state index is 4.67. The van der Waals surface area contributed by atoms with Crippen LogP contribution in [0.2, 0.25) is 0 Å². The van der Waals surface area contributed by atoms with Gasteiger partial charge in [-0.3, -0.25) is 9.58 Å². The average molecular weight is 322 g/mol. The molecule has 0 N–H and O–H groups in total. The van der Waals surface area contributed by atoms with E-state index in [4.69, 9.17) is 0 Å². The van der Waals surface area contributed by atoms with Crippen molar-refractivity contribution in [3.05, 3.63) is 46.7 Å². The van der Waals surface area contributed by atoms with Crippen LogP contribution in [0.3, 0.4) is 0 Å². The standard InChI is InChI=1S/C18H22N6/c1-11-6-18-19-9-15-16-5-4-14(7-17(15)24(18)21-11)23(16)10-13-8-20-22(3)12(13)2/h6,8-9,14,16H,4-5,7,10H2,1-3H3/t14-,16+/m0/s1. The highest BCUT2D eigenvalue weighted by Crippen LogP contribution is 2.44. The number of hydrogen-bond donors (Lipinski definition) is 0. The van der Waals surface area contributed by atoms with E-state index < -0.39 is 0 Å². The summed E-state index contributed by atoms with van der Waals surface area (Å²) in [5.74, 6) is 0. The first-order chi connectivity index (χ1) is 11.6. The molecule has 5 rings (SSSR count). The molecule has 3 aromatic rings. The number of aromatic nitrogens is 5. The topological polar surface area (TPSA) is 51.2 Å². The molecule has 2 bridgehead atoms. The second-order valence-corrected chi connectivity index (χ2v) is 7.22. The summed E-state index contributed by atoms with van der Waals surface area (Å²) >= 11 is 0. The van der Waals surface area contributed by atoms with E-state index in [0.717, 1.165) is 24.3 Å². The molecule has 2 atom stereocenters. The van der Waals surface area contributed by atoms with Crippen molar-refractivity contribution in [2.75, 3.05) is 0 Å². The summed E-state index contributed by atoms with van der Waals surface area (Å²) in [6.45, 7) is 5.17. The molecule has 5 heterocycles. The van der Waals surface area contributed by atoms with Gasteiger partial charge in [-0.1, -0.05) is 0 Å². The minimum atomic E-state index is 0.458. The zero-order valence-corrected chi connectivity index (χ0v) is 14.4. The number of fused-ring (bicyclic) bond motifs is 6. The lowest BCUT2D eigenvalue weighted by Crippen LogP contribution is -2.38.